The van der Waals surface area contributed by atoms with E-state index in [2.05, 4.69) is 17.1 Å². The van der Waals surface area contributed by atoms with Crippen LogP contribution in [0.1, 0.15) is 28.0 Å². The zero-order valence-electron chi connectivity index (χ0n) is 11.3. The van der Waals surface area contributed by atoms with Crippen molar-refractivity contribution in [3.8, 4) is 0 Å². The van der Waals surface area contributed by atoms with Gasteiger partial charge in [0.2, 0.25) is 0 Å². The van der Waals surface area contributed by atoms with Gasteiger partial charge in [0.25, 0.3) is 5.91 Å². The lowest BCUT2D eigenvalue weighted by Gasteiger charge is -2.19. The summed E-state index contributed by atoms with van der Waals surface area (Å²) < 4.78 is 0. The first kappa shape index (κ1) is 13.7. The van der Waals surface area contributed by atoms with Crippen LogP contribution in [0.2, 0.25) is 0 Å². The number of aryl methyl sites for hydroxylation is 1. The highest BCUT2D eigenvalue weighted by molar-refractivity contribution is 7.09. The second-order valence-electron chi connectivity index (χ2n) is 4.37. The molecule has 0 bridgehead atoms. The molecule has 1 amide bonds. The Hall–Kier alpha value is -1.68. The van der Waals surface area contributed by atoms with E-state index in [0.29, 0.717) is 12.2 Å². The van der Waals surface area contributed by atoms with Crippen LogP contribution < -0.4 is 0 Å². The fourth-order valence-electron chi connectivity index (χ4n) is 1.94. The van der Waals surface area contributed by atoms with E-state index in [1.54, 1.807) is 0 Å². The summed E-state index contributed by atoms with van der Waals surface area (Å²) in [5.41, 5.74) is 1.82. The lowest BCUT2D eigenvalue weighted by Crippen LogP contribution is -2.33. The van der Waals surface area contributed by atoms with Gasteiger partial charge in [-0.2, -0.15) is 0 Å². The van der Waals surface area contributed by atoms with Crippen molar-refractivity contribution < 1.29 is 4.79 Å². The van der Waals surface area contributed by atoms with Gasteiger partial charge in [0.05, 0.1) is 5.01 Å². The Bertz CT molecular complexity index is 536. The van der Waals surface area contributed by atoms with Crippen molar-refractivity contribution in [2.75, 3.05) is 13.1 Å². The van der Waals surface area contributed by atoms with E-state index in [1.807, 2.05) is 42.3 Å². The van der Waals surface area contributed by atoms with Gasteiger partial charge in [-0.3, -0.25) is 4.79 Å². The van der Waals surface area contributed by atoms with E-state index >= 15 is 0 Å². The summed E-state index contributed by atoms with van der Waals surface area (Å²) in [6.07, 6.45) is 0.879. The molecular weight excluding hydrogens is 256 g/mol. The van der Waals surface area contributed by atoms with E-state index in [-0.39, 0.29) is 5.91 Å². The van der Waals surface area contributed by atoms with Gasteiger partial charge >= 0.3 is 0 Å². The van der Waals surface area contributed by atoms with E-state index in [4.69, 9.17) is 0 Å². The molecule has 0 saturated carbocycles. The van der Waals surface area contributed by atoms with Crippen LogP contribution >= 0.6 is 11.3 Å². The van der Waals surface area contributed by atoms with Gasteiger partial charge in [-0.25, -0.2) is 4.98 Å². The van der Waals surface area contributed by atoms with Crippen molar-refractivity contribution in [1.82, 2.24) is 9.88 Å². The molecule has 0 radical (unpaired) electrons. The number of hydrogen-bond acceptors (Lipinski definition) is 3. The first-order chi connectivity index (χ1) is 9.20. The van der Waals surface area contributed by atoms with Gasteiger partial charge in [0.15, 0.2) is 0 Å². The van der Waals surface area contributed by atoms with Crippen LogP contribution in [-0.2, 0) is 6.42 Å². The van der Waals surface area contributed by atoms with Crippen LogP contribution in [0.25, 0.3) is 0 Å². The van der Waals surface area contributed by atoms with Crippen molar-refractivity contribution in [3.63, 3.8) is 0 Å². The highest BCUT2D eigenvalue weighted by Gasteiger charge is 2.16. The third kappa shape index (κ3) is 3.64. The molecule has 0 N–H and O–H groups in total. The quantitative estimate of drug-likeness (QED) is 0.839. The second kappa shape index (κ2) is 6.48. The Morgan fingerprint density at radius 2 is 2.05 bits per heavy atom. The van der Waals surface area contributed by atoms with E-state index in [9.17, 15) is 4.79 Å². The molecule has 1 heterocycles. The van der Waals surface area contributed by atoms with E-state index in [1.165, 1.54) is 16.9 Å². The van der Waals surface area contributed by atoms with Crippen molar-refractivity contribution in [1.29, 1.82) is 0 Å². The molecule has 0 unspecified atom stereocenters. The molecule has 19 heavy (non-hydrogen) atoms. The maximum absolute atomic E-state index is 12.3. The van der Waals surface area contributed by atoms with Crippen LogP contribution in [0.15, 0.2) is 35.7 Å². The summed E-state index contributed by atoms with van der Waals surface area (Å²) in [4.78, 5) is 18.4. The molecule has 0 saturated heterocycles. The Morgan fingerprint density at radius 1 is 1.32 bits per heavy atom. The smallest absolute Gasteiger partial charge is 0.273 e. The van der Waals surface area contributed by atoms with Gasteiger partial charge in [0, 0.05) is 18.5 Å². The molecule has 0 fully saturated rings. The monoisotopic (exact) mass is 274 g/mol. The number of benzene rings is 1. The molecule has 4 heteroatoms. The molecule has 1 aromatic heterocycles. The summed E-state index contributed by atoms with van der Waals surface area (Å²) in [6.45, 7) is 5.36. The molecule has 0 aliphatic rings. The maximum atomic E-state index is 12.3. The summed E-state index contributed by atoms with van der Waals surface area (Å²) in [7, 11) is 0. The average molecular weight is 274 g/mol. The van der Waals surface area contributed by atoms with Gasteiger partial charge in [-0.15, -0.1) is 11.3 Å². The van der Waals surface area contributed by atoms with Gasteiger partial charge in [-0.1, -0.05) is 30.3 Å². The van der Waals surface area contributed by atoms with Crippen molar-refractivity contribution in [2.24, 2.45) is 0 Å². The fourth-order valence-corrected chi connectivity index (χ4v) is 2.52. The minimum absolute atomic E-state index is 0.0304. The number of rotatable bonds is 5. The highest BCUT2D eigenvalue weighted by atomic mass is 32.1. The third-order valence-electron chi connectivity index (χ3n) is 3.02. The number of thiazole rings is 1. The number of hydrogen-bond donors (Lipinski definition) is 0. The molecule has 2 rings (SSSR count). The minimum atomic E-state index is 0.0304. The van der Waals surface area contributed by atoms with Crippen LogP contribution in [0.3, 0.4) is 0 Å². The molecule has 0 aliphatic heterocycles. The number of amides is 1. The fraction of sp³-hybridized carbons (Fsp3) is 0.333. The molecule has 0 atom stereocenters. The molecule has 2 aromatic rings. The van der Waals surface area contributed by atoms with E-state index in [0.717, 1.165) is 18.0 Å². The van der Waals surface area contributed by atoms with Crippen LogP contribution in [-0.4, -0.2) is 28.9 Å². The normalized spacial score (nSPS) is 10.4. The molecule has 0 spiro atoms. The Balaban J connectivity index is 1.98. The van der Waals surface area contributed by atoms with E-state index < -0.39 is 0 Å². The molecule has 3 nitrogen and oxygen atoms in total. The van der Waals surface area contributed by atoms with Crippen LogP contribution in [0, 0.1) is 6.92 Å². The number of carbonyl (C=O) groups is 1. The first-order valence-electron chi connectivity index (χ1n) is 6.46. The Labute approximate surface area is 117 Å². The average Bonchev–Trinajstić information content (AvgIpc) is 2.87. The number of aromatic nitrogens is 1. The maximum Gasteiger partial charge on any atom is 0.273 e. The van der Waals surface area contributed by atoms with Crippen LogP contribution in [0.5, 0.6) is 0 Å². The molecule has 100 valence electrons. The summed E-state index contributed by atoms with van der Waals surface area (Å²) >= 11 is 1.52. The van der Waals surface area contributed by atoms with Crippen molar-refractivity contribution >= 4 is 17.2 Å². The lowest BCUT2D eigenvalue weighted by atomic mass is 10.1. The Morgan fingerprint density at radius 3 is 2.63 bits per heavy atom. The first-order valence-corrected chi connectivity index (χ1v) is 7.34. The second-order valence-corrected chi connectivity index (χ2v) is 5.43. The predicted molar refractivity (Wildman–Crippen MR) is 78.6 cm³/mol. The zero-order chi connectivity index (χ0) is 13.7. The SMILES string of the molecule is CCN(CCc1ccccc1)C(=O)c1csc(C)n1. The van der Waals surface area contributed by atoms with Crippen molar-refractivity contribution in [3.05, 3.63) is 52.0 Å². The summed E-state index contributed by atoms with van der Waals surface area (Å²) in [5.74, 6) is 0.0304. The Kier molecular flexibility index (Phi) is 4.68. The number of nitrogens with zero attached hydrogens (tertiary/aromatic N) is 2. The highest BCUT2D eigenvalue weighted by Crippen LogP contribution is 2.11. The molecule has 1 aromatic carbocycles. The largest absolute Gasteiger partial charge is 0.337 e. The minimum Gasteiger partial charge on any atom is -0.337 e. The van der Waals surface area contributed by atoms with Gasteiger partial charge < -0.3 is 4.90 Å². The number of likely N-dealkylation sites (N-methyl/N-ethyl adjacent to an activating group) is 1. The summed E-state index contributed by atoms with van der Waals surface area (Å²) in [5, 5.41) is 2.77. The topological polar surface area (TPSA) is 33.2 Å². The van der Waals surface area contributed by atoms with Gasteiger partial charge in [0.1, 0.15) is 5.69 Å². The van der Waals surface area contributed by atoms with Crippen molar-refractivity contribution in [2.45, 2.75) is 20.3 Å². The van der Waals surface area contributed by atoms with Crippen LogP contribution in [0.4, 0.5) is 0 Å². The predicted octanol–water partition coefficient (Wildman–Crippen LogP) is 3.16. The van der Waals surface area contributed by atoms with Gasteiger partial charge in [-0.05, 0) is 25.8 Å². The number of carbonyl (C=O) groups excluding carboxylic acids is 1. The lowest BCUT2D eigenvalue weighted by molar-refractivity contribution is 0.0761. The molecule has 0 aliphatic carbocycles. The third-order valence-corrected chi connectivity index (χ3v) is 3.79. The summed E-state index contributed by atoms with van der Waals surface area (Å²) in [6, 6.07) is 10.2. The zero-order valence-corrected chi connectivity index (χ0v) is 12.1. The standard InChI is InChI=1S/C15H18N2OS/c1-3-17(10-9-13-7-5-4-6-8-13)15(18)14-11-19-12(2)16-14/h4-8,11H,3,9-10H2,1-2H3. The molecular formula is C15H18N2OS.